The van der Waals surface area contributed by atoms with E-state index >= 15 is 0 Å². The zero-order valence-electron chi connectivity index (χ0n) is 13.7. The van der Waals surface area contributed by atoms with E-state index in [0.717, 1.165) is 6.07 Å². The van der Waals surface area contributed by atoms with Crippen LogP contribution in [-0.2, 0) is 9.59 Å². The quantitative estimate of drug-likeness (QED) is 0.603. The summed E-state index contributed by atoms with van der Waals surface area (Å²) < 4.78 is 0. The molecule has 134 valence electrons. The molecule has 1 aliphatic rings. The topological polar surface area (TPSA) is 130 Å². The Bertz CT molecular complexity index is 705. The van der Waals surface area contributed by atoms with Crippen LogP contribution in [0.3, 0.4) is 0 Å². The Morgan fingerprint density at radius 2 is 2.12 bits per heavy atom. The number of rotatable bonds is 5. The summed E-state index contributed by atoms with van der Waals surface area (Å²) in [5.41, 5.74) is -0.136. The van der Waals surface area contributed by atoms with E-state index in [1.165, 1.54) is 30.0 Å². The number of carbonyl (C=O) groups is 3. The maximum Gasteiger partial charge on any atom is 0.308 e. The lowest BCUT2D eigenvalue weighted by atomic mass is 9.98. The van der Waals surface area contributed by atoms with Crippen molar-refractivity contribution in [2.75, 3.05) is 13.1 Å². The standard InChI is InChI=1S/C16H19N3O6/c1-10(15(21)18-7-3-5-12(9-18)16(22)23)17-14(20)11-4-2-6-13(8-11)19(24)25/h2,4,6,8,10,12H,3,5,7,9H2,1H3,(H,17,20)(H,22,23). The van der Waals surface area contributed by atoms with Gasteiger partial charge in [0.2, 0.25) is 5.91 Å². The predicted octanol–water partition coefficient (Wildman–Crippen LogP) is 1.04. The van der Waals surface area contributed by atoms with Crippen molar-refractivity contribution >= 4 is 23.5 Å². The number of carboxylic acid groups (broad SMARTS) is 1. The second kappa shape index (κ2) is 7.73. The van der Waals surface area contributed by atoms with Crippen LogP contribution in [0.25, 0.3) is 0 Å². The van der Waals surface area contributed by atoms with E-state index in [1.807, 2.05) is 0 Å². The van der Waals surface area contributed by atoms with Crippen LogP contribution in [0.5, 0.6) is 0 Å². The van der Waals surface area contributed by atoms with Crippen LogP contribution in [0.15, 0.2) is 24.3 Å². The van der Waals surface area contributed by atoms with Crippen LogP contribution in [0.2, 0.25) is 0 Å². The Morgan fingerprint density at radius 3 is 2.76 bits per heavy atom. The number of amides is 2. The van der Waals surface area contributed by atoms with Gasteiger partial charge in [-0.2, -0.15) is 0 Å². The third kappa shape index (κ3) is 4.52. The molecule has 2 rings (SSSR count). The number of nitro groups is 1. The highest BCUT2D eigenvalue weighted by molar-refractivity contribution is 5.97. The molecule has 2 amide bonds. The fraction of sp³-hybridized carbons (Fsp3) is 0.438. The largest absolute Gasteiger partial charge is 0.481 e. The smallest absolute Gasteiger partial charge is 0.308 e. The molecule has 2 N–H and O–H groups in total. The number of aliphatic carboxylic acids is 1. The Balaban J connectivity index is 2.00. The van der Waals surface area contributed by atoms with Crippen molar-refractivity contribution in [3.05, 3.63) is 39.9 Å². The first-order valence-electron chi connectivity index (χ1n) is 7.86. The Morgan fingerprint density at radius 1 is 1.40 bits per heavy atom. The first-order chi connectivity index (χ1) is 11.8. The monoisotopic (exact) mass is 349 g/mol. The second-order valence-electron chi connectivity index (χ2n) is 5.96. The summed E-state index contributed by atoms with van der Waals surface area (Å²) in [5.74, 6) is -2.51. The summed E-state index contributed by atoms with van der Waals surface area (Å²) in [6, 6.07) is 4.35. The van der Waals surface area contributed by atoms with Crippen LogP contribution in [0.4, 0.5) is 5.69 Å². The third-order valence-corrected chi connectivity index (χ3v) is 4.12. The predicted molar refractivity (Wildman–Crippen MR) is 87.0 cm³/mol. The summed E-state index contributed by atoms with van der Waals surface area (Å²) in [6.45, 7) is 2.06. The molecule has 0 saturated carbocycles. The molecule has 9 heteroatoms. The van der Waals surface area contributed by atoms with Gasteiger partial charge in [0.05, 0.1) is 10.8 Å². The number of carboxylic acids is 1. The summed E-state index contributed by atoms with van der Waals surface area (Å²) in [5, 5.41) is 22.3. The molecule has 25 heavy (non-hydrogen) atoms. The van der Waals surface area contributed by atoms with Gasteiger partial charge in [-0.3, -0.25) is 24.5 Å². The molecule has 2 unspecified atom stereocenters. The summed E-state index contributed by atoms with van der Waals surface area (Å²) in [6.07, 6.45) is 1.11. The number of benzene rings is 1. The maximum absolute atomic E-state index is 12.4. The lowest BCUT2D eigenvalue weighted by Gasteiger charge is -2.32. The van der Waals surface area contributed by atoms with E-state index < -0.39 is 28.8 Å². The van der Waals surface area contributed by atoms with E-state index in [4.69, 9.17) is 5.11 Å². The molecule has 1 aromatic carbocycles. The van der Waals surface area contributed by atoms with Crippen molar-refractivity contribution < 1.29 is 24.4 Å². The summed E-state index contributed by atoms with van der Waals surface area (Å²) >= 11 is 0. The van der Waals surface area contributed by atoms with Gasteiger partial charge >= 0.3 is 5.97 Å². The zero-order chi connectivity index (χ0) is 18.6. The minimum atomic E-state index is -0.939. The molecule has 0 aromatic heterocycles. The van der Waals surface area contributed by atoms with Gasteiger partial charge in [0, 0.05) is 30.8 Å². The van der Waals surface area contributed by atoms with Crippen molar-refractivity contribution in [3.63, 3.8) is 0 Å². The SMILES string of the molecule is CC(NC(=O)c1cccc([N+](=O)[O-])c1)C(=O)N1CCCC(C(=O)O)C1. The molecule has 2 atom stereocenters. The lowest BCUT2D eigenvalue weighted by Crippen LogP contribution is -2.50. The number of nitrogens with one attached hydrogen (secondary N) is 1. The first kappa shape index (κ1) is 18.4. The Hall–Kier alpha value is -2.97. The van der Waals surface area contributed by atoms with Gasteiger partial charge in [0.25, 0.3) is 11.6 Å². The Labute approximate surface area is 143 Å². The molecular weight excluding hydrogens is 330 g/mol. The number of non-ortho nitro benzene ring substituents is 1. The molecular formula is C16H19N3O6. The van der Waals surface area contributed by atoms with Gasteiger partial charge in [-0.25, -0.2) is 0 Å². The number of nitrogens with zero attached hydrogens (tertiary/aromatic N) is 2. The fourth-order valence-electron chi connectivity index (χ4n) is 2.76. The normalized spacial score (nSPS) is 18.3. The van der Waals surface area contributed by atoms with E-state index in [1.54, 1.807) is 0 Å². The molecule has 0 spiro atoms. The van der Waals surface area contributed by atoms with Crippen LogP contribution < -0.4 is 5.32 Å². The van der Waals surface area contributed by atoms with Crippen molar-refractivity contribution in [3.8, 4) is 0 Å². The van der Waals surface area contributed by atoms with E-state index in [0.29, 0.717) is 19.4 Å². The molecule has 1 aromatic rings. The van der Waals surface area contributed by atoms with Gasteiger partial charge in [0.1, 0.15) is 6.04 Å². The van der Waals surface area contributed by atoms with Crippen molar-refractivity contribution in [2.24, 2.45) is 5.92 Å². The molecule has 0 radical (unpaired) electrons. The maximum atomic E-state index is 12.4. The van der Waals surface area contributed by atoms with Crippen LogP contribution >= 0.6 is 0 Å². The van der Waals surface area contributed by atoms with E-state index in [9.17, 15) is 24.5 Å². The van der Waals surface area contributed by atoms with E-state index in [2.05, 4.69) is 5.32 Å². The molecule has 0 bridgehead atoms. The average Bonchev–Trinajstić information content (AvgIpc) is 2.61. The number of likely N-dealkylation sites (tertiary alicyclic amines) is 1. The lowest BCUT2D eigenvalue weighted by molar-refractivity contribution is -0.384. The van der Waals surface area contributed by atoms with Gasteiger partial charge < -0.3 is 15.3 Å². The number of hydrogen-bond acceptors (Lipinski definition) is 5. The highest BCUT2D eigenvalue weighted by Gasteiger charge is 2.30. The number of carbonyl (C=O) groups excluding carboxylic acids is 2. The molecule has 1 saturated heterocycles. The van der Waals surface area contributed by atoms with Crippen LogP contribution in [-0.4, -0.2) is 51.8 Å². The molecule has 9 nitrogen and oxygen atoms in total. The fourth-order valence-corrected chi connectivity index (χ4v) is 2.76. The number of piperidine rings is 1. The minimum Gasteiger partial charge on any atom is -0.481 e. The molecule has 1 aliphatic heterocycles. The van der Waals surface area contributed by atoms with Crippen molar-refractivity contribution in [1.82, 2.24) is 10.2 Å². The van der Waals surface area contributed by atoms with Gasteiger partial charge in [-0.15, -0.1) is 0 Å². The average molecular weight is 349 g/mol. The van der Waals surface area contributed by atoms with Gasteiger partial charge in [-0.05, 0) is 25.8 Å². The highest BCUT2D eigenvalue weighted by atomic mass is 16.6. The molecule has 0 aliphatic carbocycles. The van der Waals surface area contributed by atoms with E-state index in [-0.39, 0.29) is 23.7 Å². The minimum absolute atomic E-state index is 0.0795. The second-order valence-corrected chi connectivity index (χ2v) is 5.96. The molecule has 1 fully saturated rings. The summed E-state index contributed by atoms with van der Waals surface area (Å²) in [7, 11) is 0. The Kier molecular flexibility index (Phi) is 5.68. The highest BCUT2D eigenvalue weighted by Crippen LogP contribution is 2.18. The van der Waals surface area contributed by atoms with Crippen molar-refractivity contribution in [1.29, 1.82) is 0 Å². The summed E-state index contributed by atoms with van der Waals surface area (Å²) in [4.78, 5) is 47.3. The zero-order valence-corrected chi connectivity index (χ0v) is 13.7. The first-order valence-corrected chi connectivity index (χ1v) is 7.86. The van der Waals surface area contributed by atoms with Gasteiger partial charge in [0.15, 0.2) is 0 Å². The van der Waals surface area contributed by atoms with Crippen LogP contribution in [0.1, 0.15) is 30.1 Å². The van der Waals surface area contributed by atoms with Gasteiger partial charge in [-0.1, -0.05) is 6.07 Å². The number of hydrogen-bond donors (Lipinski definition) is 2. The van der Waals surface area contributed by atoms with Crippen molar-refractivity contribution in [2.45, 2.75) is 25.8 Å². The number of nitro benzene ring substituents is 1. The third-order valence-electron chi connectivity index (χ3n) is 4.12. The molecule has 1 heterocycles. The van der Waals surface area contributed by atoms with Crippen LogP contribution in [0, 0.1) is 16.0 Å².